The van der Waals surface area contributed by atoms with Gasteiger partial charge in [-0.15, -0.1) is 0 Å². The van der Waals surface area contributed by atoms with Crippen LogP contribution < -0.4 is 10.0 Å². The van der Waals surface area contributed by atoms with Gasteiger partial charge in [-0.1, -0.05) is 37.6 Å². The van der Waals surface area contributed by atoms with E-state index < -0.39 is 10.0 Å². The summed E-state index contributed by atoms with van der Waals surface area (Å²) in [5.41, 5.74) is 0.858. The second-order valence-electron chi connectivity index (χ2n) is 4.73. The minimum Gasteiger partial charge on any atom is -0.314 e. The second-order valence-corrected chi connectivity index (χ2v) is 7.10. The molecule has 1 aromatic rings. The molecule has 108 valence electrons. The van der Waals surface area contributed by atoms with Crippen molar-refractivity contribution < 1.29 is 8.42 Å². The quantitative estimate of drug-likeness (QED) is 0.724. The van der Waals surface area contributed by atoms with Gasteiger partial charge in [-0.3, -0.25) is 0 Å². The normalized spacial score (nSPS) is 12.0. The predicted molar refractivity (Wildman–Crippen MR) is 79.8 cm³/mol. The molecular weight excluding hydrogens is 284 g/mol. The Morgan fingerprint density at radius 1 is 1.32 bits per heavy atom. The maximum Gasteiger partial charge on any atom is 0.211 e. The fraction of sp³-hybridized carbons (Fsp3) is 0.538. The zero-order valence-corrected chi connectivity index (χ0v) is 12.9. The van der Waals surface area contributed by atoms with Gasteiger partial charge in [-0.05, 0) is 30.7 Å². The van der Waals surface area contributed by atoms with E-state index in [1.807, 2.05) is 19.9 Å². The maximum atomic E-state index is 11.8. The number of hydrogen-bond donors (Lipinski definition) is 2. The molecule has 0 aliphatic heterocycles. The van der Waals surface area contributed by atoms with Crippen LogP contribution in [0.15, 0.2) is 24.3 Å². The van der Waals surface area contributed by atoms with Gasteiger partial charge in [0.15, 0.2) is 0 Å². The van der Waals surface area contributed by atoms with Crippen molar-refractivity contribution in [1.82, 2.24) is 10.0 Å². The first kappa shape index (κ1) is 16.4. The lowest BCUT2D eigenvalue weighted by molar-refractivity contribution is 0.561. The molecule has 0 aromatic heterocycles. The first-order valence-corrected chi connectivity index (χ1v) is 8.37. The molecule has 19 heavy (non-hydrogen) atoms. The third-order valence-corrected chi connectivity index (χ3v) is 4.17. The molecule has 4 nitrogen and oxygen atoms in total. The van der Waals surface area contributed by atoms with Crippen molar-refractivity contribution in [2.45, 2.75) is 32.9 Å². The third kappa shape index (κ3) is 7.52. The minimum atomic E-state index is -3.22. The molecule has 0 heterocycles. The molecule has 0 aliphatic carbocycles. The van der Waals surface area contributed by atoms with E-state index in [1.165, 1.54) is 0 Å². The lowest BCUT2D eigenvalue weighted by atomic mass is 10.2. The molecule has 0 atom stereocenters. The molecule has 0 spiro atoms. The summed E-state index contributed by atoms with van der Waals surface area (Å²) in [4.78, 5) is 0. The van der Waals surface area contributed by atoms with Crippen LogP contribution in [0.25, 0.3) is 0 Å². The summed E-state index contributed by atoms with van der Waals surface area (Å²) in [7, 11) is -3.22. The number of nitrogens with one attached hydrogen (secondary N) is 2. The lowest BCUT2D eigenvalue weighted by Crippen LogP contribution is -2.29. The van der Waals surface area contributed by atoms with E-state index >= 15 is 0 Å². The van der Waals surface area contributed by atoms with Crippen LogP contribution in [0.2, 0.25) is 5.02 Å². The van der Waals surface area contributed by atoms with Gasteiger partial charge in [0, 0.05) is 17.6 Å². The molecule has 0 aliphatic rings. The zero-order valence-electron chi connectivity index (χ0n) is 11.3. The van der Waals surface area contributed by atoms with Crippen molar-refractivity contribution >= 4 is 21.6 Å². The molecule has 1 aromatic carbocycles. The third-order valence-electron chi connectivity index (χ3n) is 2.53. The highest BCUT2D eigenvalue weighted by molar-refractivity contribution is 7.89. The Labute approximate surface area is 120 Å². The van der Waals surface area contributed by atoms with E-state index in [4.69, 9.17) is 11.6 Å². The maximum absolute atomic E-state index is 11.8. The van der Waals surface area contributed by atoms with Gasteiger partial charge in [0.25, 0.3) is 0 Å². The molecule has 0 saturated carbocycles. The van der Waals surface area contributed by atoms with Crippen molar-refractivity contribution in [1.29, 1.82) is 0 Å². The molecule has 0 saturated heterocycles. The number of benzene rings is 1. The SMILES string of the molecule is CC(C)NCCCS(=O)(=O)NCc1cccc(Cl)c1. The molecule has 0 unspecified atom stereocenters. The topological polar surface area (TPSA) is 58.2 Å². The highest BCUT2D eigenvalue weighted by Gasteiger charge is 2.09. The van der Waals surface area contributed by atoms with E-state index in [0.717, 1.165) is 5.56 Å². The van der Waals surface area contributed by atoms with Crippen LogP contribution >= 0.6 is 11.6 Å². The Morgan fingerprint density at radius 3 is 2.68 bits per heavy atom. The number of rotatable bonds is 8. The summed E-state index contributed by atoms with van der Waals surface area (Å²) in [6.45, 7) is 5.05. The van der Waals surface area contributed by atoms with Crippen LogP contribution in [0, 0.1) is 0 Å². The number of hydrogen-bond acceptors (Lipinski definition) is 3. The fourth-order valence-electron chi connectivity index (χ4n) is 1.57. The number of sulfonamides is 1. The summed E-state index contributed by atoms with van der Waals surface area (Å²) in [5, 5.41) is 3.80. The van der Waals surface area contributed by atoms with Crippen LogP contribution in [0.3, 0.4) is 0 Å². The van der Waals surface area contributed by atoms with Crippen LogP contribution in [0.4, 0.5) is 0 Å². The summed E-state index contributed by atoms with van der Waals surface area (Å²) in [6, 6.07) is 7.54. The molecule has 0 radical (unpaired) electrons. The van der Waals surface area contributed by atoms with Gasteiger partial charge in [0.1, 0.15) is 0 Å². The summed E-state index contributed by atoms with van der Waals surface area (Å²) in [5.74, 6) is 0.132. The van der Waals surface area contributed by atoms with Crippen molar-refractivity contribution in [2.75, 3.05) is 12.3 Å². The van der Waals surface area contributed by atoms with Crippen LogP contribution in [-0.4, -0.2) is 26.8 Å². The van der Waals surface area contributed by atoms with E-state index in [-0.39, 0.29) is 12.3 Å². The molecule has 0 bridgehead atoms. The van der Waals surface area contributed by atoms with Gasteiger partial charge in [-0.25, -0.2) is 13.1 Å². The highest BCUT2D eigenvalue weighted by Crippen LogP contribution is 2.10. The van der Waals surface area contributed by atoms with Gasteiger partial charge in [0.2, 0.25) is 10.0 Å². The molecule has 2 N–H and O–H groups in total. The first-order valence-electron chi connectivity index (χ1n) is 6.34. The molecule has 6 heteroatoms. The van der Waals surface area contributed by atoms with Gasteiger partial charge in [0.05, 0.1) is 5.75 Å². The van der Waals surface area contributed by atoms with Crippen molar-refractivity contribution in [3.63, 3.8) is 0 Å². The first-order chi connectivity index (χ1) is 8.89. The Balaban J connectivity index is 2.34. The fourth-order valence-corrected chi connectivity index (χ4v) is 2.83. The Kier molecular flexibility index (Phi) is 6.79. The van der Waals surface area contributed by atoms with E-state index in [1.54, 1.807) is 18.2 Å². The summed E-state index contributed by atoms with van der Waals surface area (Å²) < 4.78 is 26.1. The van der Waals surface area contributed by atoms with Crippen LogP contribution in [-0.2, 0) is 16.6 Å². The van der Waals surface area contributed by atoms with Gasteiger partial charge < -0.3 is 5.32 Å². The molecular formula is C13H21ClN2O2S. The summed E-state index contributed by atoms with van der Waals surface area (Å²) in [6.07, 6.45) is 0.600. The van der Waals surface area contributed by atoms with Gasteiger partial charge in [-0.2, -0.15) is 0 Å². The van der Waals surface area contributed by atoms with Crippen molar-refractivity contribution in [3.8, 4) is 0 Å². The van der Waals surface area contributed by atoms with E-state index in [2.05, 4.69) is 10.0 Å². The average molecular weight is 305 g/mol. The monoisotopic (exact) mass is 304 g/mol. The molecule has 1 rings (SSSR count). The minimum absolute atomic E-state index is 0.132. The van der Waals surface area contributed by atoms with Crippen molar-refractivity contribution in [2.24, 2.45) is 0 Å². The second kappa shape index (κ2) is 7.85. The predicted octanol–water partition coefficient (Wildman–Crippen LogP) is 2.15. The summed E-state index contributed by atoms with van der Waals surface area (Å²) >= 11 is 5.84. The molecule has 0 amide bonds. The standard InChI is InChI=1S/C13H21ClN2O2S/c1-11(2)15-7-4-8-19(17,18)16-10-12-5-3-6-13(14)9-12/h3,5-6,9,11,15-16H,4,7-8,10H2,1-2H3. The lowest BCUT2D eigenvalue weighted by Gasteiger charge is -2.09. The zero-order chi connectivity index (χ0) is 14.3. The Bertz CT molecular complexity index is 489. The van der Waals surface area contributed by atoms with Crippen LogP contribution in [0.5, 0.6) is 0 Å². The Morgan fingerprint density at radius 2 is 2.05 bits per heavy atom. The average Bonchev–Trinajstić information content (AvgIpc) is 2.32. The van der Waals surface area contributed by atoms with E-state index in [0.29, 0.717) is 24.0 Å². The van der Waals surface area contributed by atoms with Gasteiger partial charge >= 0.3 is 0 Å². The van der Waals surface area contributed by atoms with Crippen LogP contribution in [0.1, 0.15) is 25.8 Å². The smallest absolute Gasteiger partial charge is 0.211 e. The Hall–Kier alpha value is -0.620. The largest absolute Gasteiger partial charge is 0.314 e. The number of halogens is 1. The van der Waals surface area contributed by atoms with E-state index in [9.17, 15) is 8.42 Å². The highest BCUT2D eigenvalue weighted by atomic mass is 35.5. The molecule has 0 fully saturated rings. The van der Waals surface area contributed by atoms with Crippen molar-refractivity contribution in [3.05, 3.63) is 34.9 Å².